The van der Waals surface area contributed by atoms with Gasteiger partial charge in [0.15, 0.2) is 5.13 Å². The van der Waals surface area contributed by atoms with Gasteiger partial charge in [-0.3, -0.25) is 24.6 Å². The molecule has 0 radical (unpaired) electrons. The van der Waals surface area contributed by atoms with E-state index in [9.17, 15) is 32.9 Å². The molecule has 0 spiro atoms. The van der Waals surface area contributed by atoms with Crippen molar-refractivity contribution < 1.29 is 27.7 Å². The van der Waals surface area contributed by atoms with Crippen LogP contribution in [-0.2, 0) is 22.2 Å². The third-order valence-electron chi connectivity index (χ3n) is 5.65. The molecule has 1 aromatic heterocycles. The van der Waals surface area contributed by atoms with E-state index in [1.54, 1.807) is 20.1 Å². The number of alkyl halides is 3. The van der Waals surface area contributed by atoms with Gasteiger partial charge in [0.25, 0.3) is 5.69 Å². The molecule has 2 aliphatic heterocycles. The number of thiazole rings is 1. The molecule has 4 rings (SSSR count). The summed E-state index contributed by atoms with van der Waals surface area (Å²) in [7, 11) is 0. The van der Waals surface area contributed by atoms with Crippen molar-refractivity contribution in [3.8, 4) is 0 Å². The number of carbonyl (C=O) groups is 2. The van der Waals surface area contributed by atoms with Gasteiger partial charge in [-0.2, -0.15) is 13.2 Å². The highest BCUT2D eigenvalue weighted by Crippen LogP contribution is 2.36. The lowest BCUT2D eigenvalue weighted by molar-refractivity contribution is -0.384. The lowest BCUT2D eigenvalue weighted by atomic mass is 10.1. The Morgan fingerprint density at radius 2 is 1.91 bits per heavy atom. The largest absolute Gasteiger partial charge is 0.416 e. The Morgan fingerprint density at radius 3 is 2.52 bits per heavy atom. The summed E-state index contributed by atoms with van der Waals surface area (Å²) in [6.45, 7) is 1.68. The molecule has 9 nitrogen and oxygen atoms in total. The molecule has 2 amide bonds. The van der Waals surface area contributed by atoms with Gasteiger partial charge in [0.1, 0.15) is 5.69 Å². The fourth-order valence-electron chi connectivity index (χ4n) is 3.93. The third-order valence-corrected chi connectivity index (χ3v) is 6.56. The number of amides is 2. The Kier molecular flexibility index (Phi) is 6.23. The maximum Gasteiger partial charge on any atom is 0.416 e. The van der Waals surface area contributed by atoms with Gasteiger partial charge < -0.3 is 9.80 Å². The first kappa shape index (κ1) is 23.0. The molecule has 2 aromatic rings. The fourth-order valence-corrected chi connectivity index (χ4v) is 4.80. The van der Waals surface area contributed by atoms with E-state index in [0.717, 1.165) is 18.6 Å². The molecule has 2 aliphatic rings. The summed E-state index contributed by atoms with van der Waals surface area (Å²) in [5.74, 6) is -0.142. The van der Waals surface area contributed by atoms with Crippen LogP contribution in [0.1, 0.15) is 24.1 Å². The van der Waals surface area contributed by atoms with Gasteiger partial charge in [-0.15, -0.1) is 11.3 Å². The minimum atomic E-state index is -4.67. The molecule has 1 aromatic carbocycles. The predicted octanol–water partition coefficient (Wildman–Crippen LogP) is 3.09. The van der Waals surface area contributed by atoms with Crippen LogP contribution in [0.15, 0.2) is 23.6 Å². The van der Waals surface area contributed by atoms with Gasteiger partial charge in [0, 0.05) is 50.6 Å². The summed E-state index contributed by atoms with van der Waals surface area (Å²) >= 11 is 1.32. The van der Waals surface area contributed by atoms with E-state index in [1.807, 2.05) is 0 Å². The van der Waals surface area contributed by atoms with Crippen molar-refractivity contribution in [1.82, 2.24) is 9.88 Å². The number of nitro benzene ring substituents is 1. The molecule has 0 bridgehead atoms. The van der Waals surface area contributed by atoms with Gasteiger partial charge in [-0.05, 0) is 18.6 Å². The van der Waals surface area contributed by atoms with Crippen LogP contribution in [0.4, 0.5) is 29.7 Å². The lowest BCUT2D eigenvalue weighted by Crippen LogP contribution is -2.49. The first-order valence-corrected chi connectivity index (χ1v) is 11.1. The van der Waals surface area contributed by atoms with Gasteiger partial charge in [0.2, 0.25) is 11.8 Å². The average Bonchev–Trinajstić information content (AvgIpc) is 3.41. The number of carbonyl (C=O) groups excluding carboxylic acids is 2. The van der Waals surface area contributed by atoms with Crippen LogP contribution in [0.3, 0.4) is 0 Å². The van der Waals surface area contributed by atoms with Crippen LogP contribution < -0.4 is 9.80 Å². The molecule has 0 aliphatic carbocycles. The second-order valence-electron chi connectivity index (χ2n) is 7.77. The van der Waals surface area contributed by atoms with Gasteiger partial charge >= 0.3 is 6.18 Å². The number of halogens is 3. The van der Waals surface area contributed by atoms with Crippen molar-refractivity contribution in [1.29, 1.82) is 0 Å². The Hall–Kier alpha value is -3.22. The number of rotatable bonds is 5. The quantitative estimate of drug-likeness (QED) is 0.479. The lowest BCUT2D eigenvalue weighted by Gasteiger charge is -2.35. The molecule has 0 unspecified atom stereocenters. The first-order valence-electron chi connectivity index (χ1n) is 10.3. The van der Waals surface area contributed by atoms with Crippen molar-refractivity contribution in [3.05, 3.63) is 45.0 Å². The zero-order chi connectivity index (χ0) is 23.8. The monoisotopic (exact) mass is 483 g/mol. The Bertz CT molecular complexity index is 1080. The smallest absolute Gasteiger partial charge is 0.362 e. The summed E-state index contributed by atoms with van der Waals surface area (Å²) in [6.07, 6.45) is -3.33. The average molecular weight is 483 g/mol. The normalized spacial score (nSPS) is 17.1. The van der Waals surface area contributed by atoms with Crippen LogP contribution >= 0.6 is 11.3 Å². The second-order valence-corrected chi connectivity index (χ2v) is 8.61. The molecular weight excluding hydrogens is 463 g/mol. The highest BCUT2D eigenvalue weighted by Gasteiger charge is 2.34. The third kappa shape index (κ3) is 4.92. The number of aromatic nitrogens is 1. The van der Waals surface area contributed by atoms with Gasteiger partial charge in [0.05, 0.1) is 22.6 Å². The van der Waals surface area contributed by atoms with Crippen LogP contribution in [-0.4, -0.2) is 59.3 Å². The minimum Gasteiger partial charge on any atom is -0.362 e. The van der Waals surface area contributed by atoms with E-state index in [1.165, 1.54) is 11.3 Å². The van der Waals surface area contributed by atoms with Gasteiger partial charge in [-0.25, -0.2) is 4.98 Å². The van der Waals surface area contributed by atoms with Crippen molar-refractivity contribution in [3.63, 3.8) is 0 Å². The summed E-state index contributed by atoms with van der Waals surface area (Å²) < 4.78 is 38.8. The summed E-state index contributed by atoms with van der Waals surface area (Å²) in [5.41, 5.74) is -1.03. The molecular formula is C20H20F3N5O4S. The molecule has 0 atom stereocenters. The zero-order valence-corrected chi connectivity index (χ0v) is 18.2. The second kappa shape index (κ2) is 8.96. The maximum atomic E-state index is 12.9. The van der Waals surface area contributed by atoms with E-state index in [4.69, 9.17) is 0 Å². The Labute approximate surface area is 190 Å². The molecule has 0 saturated carbocycles. The molecule has 13 heteroatoms. The van der Waals surface area contributed by atoms with Crippen LogP contribution in [0, 0.1) is 10.1 Å². The summed E-state index contributed by atoms with van der Waals surface area (Å²) in [5, 5.41) is 13.7. The minimum absolute atomic E-state index is 0.0238. The van der Waals surface area contributed by atoms with Crippen LogP contribution in [0.2, 0.25) is 0 Å². The maximum absolute atomic E-state index is 12.9. The fraction of sp³-hybridized carbons (Fsp3) is 0.450. The molecule has 176 valence electrons. The predicted molar refractivity (Wildman–Crippen MR) is 114 cm³/mol. The van der Waals surface area contributed by atoms with Crippen molar-refractivity contribution in [2.75, 3.05) is 42.5 Å². The van der Waals surface area contributed by atoms with Crippen molar-refractivity contribution in [2.24, 2.45) is 0 Å². The van der Waals surface area contributed by atoms with Crippen LogP contribution in [0.5, 0.6) is 0 Å². The standard InChI is InChI=1S/C20H20F3N5O4S/c21-20(22,23)13-3-4-15(16(10-13)28(31)32)25-6-8-26(9-7-25)18(30)11-14-12-33-19(24-14)27-5-1-2-17(27)29/h3-4,10,12H,1-2,5-9,11H2. The number of hydrogen-bond donors (Lipinski definition) is 0. The van der Waals surface area contributed by atoms with Crippen molar-refractivity contribution >= 4 is 39.7 Å². The zero-order valence-electron chi connectivity index (χ0n) is 17.4. The molecule has 2 saturated heterocycles. The van der Waals surface area contributed by atoms with E-state index < -0.39 is 22.4 Å². The number of anilines is 2. The van der Waals surface area contributed by atoms with E-state index in [-0.39, 0.29) is 50.1 Å². The van der Waals surface area contributed by atoms with Crippen LogP contribution in [0.25, 0.3) is 0 Å². The number of benzene rings is 1. The van der Waals surface area contributed by atoms with Crippen molar-refractivity contribution in [2.45, 2.75) is 25.4 Å². The molecule has 3 heterocycles. The number of hydrogen-bond acceptors (Lipinski definition) is 7. The molecule has 2 fully saturated rings. The molecule has 0 N–H and O–H groups in total. The van der Waals surface area contributed by atoms with E-state index in [0.29, 0.717) is 29.9 Å². The highest BCUT2D eigenvalue weighted by molar-refractivity contribution is 7.14. The summed E-state index contributed by atoms with van der Waals surface area (Å²) in [4.78, 5) is 44.3. The number of nitrogens with zero attached hydrogens (tertiary/aromatic N) is 5. The Morgan fingerprint density at radius 1 is 1.18 bits per heavy atom. The Balaban J connectivity index is 1.38. The SMILES string of the molecule is O=C(Cc1csc(N2CCCC2=O)n1)N1CCN(c2ccc(C(F)(F)F)cc2[N+](=O)[O-])CC1. The van der Waals surface area contributed by atoms with E-state index >= 15 is 0 Å². The first-order chi connectivity index (χ1) is 15.6. The highest BCUT2D eigenvalue weighted by atomic mass is 32.1. The summed E-state index contributed by atoms with van der Waals surface area (Å²) in [6, 6.07) is 2.47. The number of piperazine rings is 1. The van der Waals surface area contributed by atoms with E-state index in [2.05, 4.69) is 4.98 Å². The number of nitro groups is 1. The van der Waals surface area contributed by atoms with Gasteiger partial charge in [-0.1, -0.05) is 0 Å². The molecule has 33 heavy (non-hydrogen) atoms. The topological polar surface area (TPSA) is 99.9 Å².